The van der Waals surface area contributed by atoms with Gasteiger partial charge in [-0.15, -0.1) is 5.10 Å². The molecule has 0 amide bonds. The van der Waals surface area contributed by atoms with Crippen LogP contribution in [0.25, 0.3) is 0 Å². The zero-order valence-electron chi connectivity index (χ0n) is 11.3. The smallest absolute Gasteiger partial charge is 0.416 e. The Balaban J connectivity index is 1.82. The van der Waals surface area contributed by atoms with E-state index in [9.17, 15) is 18.0 Å². The summed E-state index contributed by atoms with van der Waals surface area (Å²) in [6.45, 7) is 1.36. The molecular formula is C12H10F3N3O3S. The Morgan fingerprint density at radius 1 is 1.36 bits per heavy atom. The summed E-state index contributed by atoms with van der Waals surface area (Å²) < 4.78 is 51.0. The highest BCUT2D eigenvalue weighted by molar-refractivity contribution is 7.07. The van der Waals surface area contributed by atoms with Crippen molar-refractivity contribution >= 4 is 17.5 Å². The van der Waals surface area contributed by atoms with Crippen molar-refractivity contribution in [2.24, 2.45) is 0 Å². The summed E-state index contributed by atoms with van der Waals surface area (Å²) in [5, 5.41) is 3.67. The van der Waals surface area contributed by atoms with E-state index in [1.807, 2.05) is 0 Å². The lowest BCUT2D eigenvalue weighted by molar-refractivity contribution is -0.137. The predicted octanol–water partition coefficient (Wildman–Crippen LogP) is 2.50. The molecule has 0 saturated carbocycles. The molecule has 22 heavy (non-hydrogen) atoms. The van der Waals surface area contributed by atoms with Gasteiger partial charge in [-0.3, -0.25) is 0 Å². The van der Waals surface area contributed by atoms with Crippen LogP contribution in [0.2, 0.25) is 0 Å². The Hall–Kier alpha value is -2.23. The Morgan fingerprint density at radius 2 is 2.14 bits per heavy atom. The number of pyridine rings is 1. The van der Waals surface area contributed by atoms with Gasteiger partial charge in [0, 0.05) is 12.3 Å². The van der Waals surface area contributed by atoms with Crippen LogP contribution >= 0.6 is 11.5 Å². The Labute approximate surface area is 127 Å². The largest absolute Gasteiger partial charge is 0.474 e. The molecule has 2 aromatic rings. The Kier molecular flexibility index (Phi) is 4.91. The van der Waals surface area contributed by atoms with Crippen molar-refractivity contribution < 1.29 is 27.4 Å². The first-order chi connectivity index (χ1) is 10.4. The van der Waals surface area contributed by atoms with Gasteiger partial charge in [0.15, 0.2) is 4.88 Å². The number of esters is 1. The summed E-state index contributed by atoms with van der Waals surface area (Å²) in [6, 6.07) is 1.62. The van der Waals surface area contributed by atoms with Crippen molar-refractivity contribution in [3.05, 3.63) is 34.5 Å². The lowest BCUT2D eigenvalue weighted by atomic mass is 10.2. The van der Waals surface area contributed by atoms with Gasteiger partial charge in [-0.1, -0.05) is 4.49 Å². The van der Waals surface area contributed by atoms with Gasteiger partial charge in [-0.05, 0) is 24.5 Å². The van der Waals surface area contributed by atoms with Crippen LogP contribution < -0.4 is 4.74 Å². The topological polar surface area (TPSA) is 74.2 Å². The average molecular weight is 333 g/mol. The van der Waals surface area contributed by atoms with Crippen LogP contribution in [0.3, 0.4) is 0 Å². The molecule has 0 fully saturated rings. The molecule has 0 bridgehead atoms. The Bertz CT molecular complexity index is 660. The monoisotopic (exact) mass is 333 g/mol. The maximum atomic E-state index is 12.5. The summed E-state index contributed by atoms with van der Waals surface area (Å²) in [7, 11) is 0. The van der Waals surface area contributed by atoms with Gasteiger partial charge in [0.1, 0.15) is 13.2 Å². The van der Waals surface area contributed by atoms with Crippen molar-refractivity contribution in [3.63, 3.8) is 0 Å². The number of nitrogens with zero attached hydrogens (tertiary/aromatic N) is 3. The van der Waals surface area contributed by atoms with Gasteiger partial charge in [0.2, 0.25) is 5.88 Å². The fourth-order valence-corrected chi connectivity index (χ4v) is 1.98. The summed E-state index contributed by atoms with van der Waals surface area (Å²) in [5.41, 5.74) is -0.406. The number of aromatic nitrogens is 3. The normalized spacial score (nSPS) is 11.3. The highest BCUT2D eigenvalue weighted by atomic mass is 32.1. The van der Waals surface area contributed by atoms with E-state index < -0.39 is 17.7 Å². The molecule has 0 aromatic carbocycles. The van der Waals surface area contributed by atoms with Gasteiger partial charge < -0.3 is 9.47 Å². The maximum absolute atomic E-state index is 12.5. The second-order valence-corrected chi connectivity index (χ2v) is 4.81. The van der Waals surface area contributed by atoms with Gasteiger partial charge >= 0.3 is 12.1 Å². The minimum atomic E-state index is -4.47. The third kappa shape index (κ3) is 4.13. The molecule has 0 saturated heterocycles. The molecule has 0 N–H and O–H groups in total. The molecule has 6 nitrogen and oxygen atoms in total. The third-order valence-electron chi connectivity index (χ3n) is 2.47. The van der Waals surface area contributed by atoms with Crippen molar-refractivity contribution in [1.82, 2.24) is 14.6 Å². The molecule has 0 aliphatic rings. The molecule has 0 spiro atoms. The molecule has 0 radical (unpaired) electrons. The van der Waals surface area contributed by atoms with E-state index >= 15 is 0 Å². The molecule has 0 unspecified atom stereocenters. The number of rotatable bonds is 5. The second-order valence-electron chi connectivity index (χ2n) is 4.05. The van der Waals surface area contributed by atoms with Crippen molar-refractivity contribution in [2.45, 2.75) is 13.1 Å². The maximum Gasteiger partial charge on any atom is 0.416 e. The fourth-order valence-electron chi connectivity index (χ4n) is 1.43. The SMILES string of the molecule is Cc1nnsc1C(=O)OCCOc1cc(C(F)(F)F)ccn1. The van der Waals surface area contributed by atoms with Crippen LogP contribution in [-0.4, -0.2) is 33.8 Å². The van der Waals surface area contributed by atoms with Gasteiger partial charge in [-0.25, -0.2) is 9.78 Å². The number of hydrogen-bond acceptors (Lipinski definition) is 7. The van der Waals surface area contributed by atoms with Crippen molar-refractivity contribution in [1.29, 1.82) is 0 Å². The minimum absolute atomic E-state index is 0.120. The minimum Gasteiger partial charge on any atom is -0.474 e. The molecule has 2 rings (SSSR count). The molecule has 10 heteroatoms. The molecule has 0 atom stereocenters. The summed E-state index contributed by atoms with van der Waals surface area (Å²) >= 11 is 0.903. The first kappa shape index (κ1) is 16.1. The van der Waals surface area contributed by atoms with Crippen LogP contribution in [0.1, 0.15) is 20.9 Å². The van der Waals surface area contributed by atoms with E-state index in [2.05, 4.69) is 14.6 Å². The van der Waals surface area contributed by atoms with Crippen LogP contribution in [-0.2, 0) is 10.9 Å². The standard InChI is InChI=1S/C12H10F3N3O3S/c1-7-10(22-18-17-7)11(19)21-5-4-20-9-6-8(2-3-16-9)12(13,14)15/h2-3,6H,4-5H2,1H3. The number of carbonyl (C=O) groups is 1. The van der Waals surface area contributed by atoms with Gasteiger partial charge in [0.25, 0.3) is 0 Å². The molecule has 118 valence electrons. The lowest BCUT2D eigenvalue weighted by Crippen LogP contribution is -2.13. The van der Waals surface area contributed by atoms with E-state index in [1.165, 1.54) is 0 Å². The van der Waals surface area contributed by atoms with E-state index in [0.717, 1.165) is 29.9 Å². The number of halogens is 3. The fraction of sp³-hybridized carbons (Fsp3) is 0.333. The zero-order chi connectivity index (χ0) is 16.2. The predicted molar refractivity (Wildman–Crippen MR) is 69.7 cm³/mol. The third-order valence-corrected chi connectivity index (χ3v) is 3.27. The van der Waals surface area contributed by atoms with Crippen LogP contribution in [0.15, 0.2) is 18.3 Å². The van der Waals surface area contributed by atoms with Gasteiger partial charge in [0.05, 0.1) is 11.3 Å². The quantitative estimate of drug-likeness (QED) is 0.618. The number of alkyl halides is 3. The zero-order valence-corrected chi connectivity index (χ0v) is 12.1. The van der Waals surface area contributed by atoms with Crippen molar-refractivity contribution in [2.75, 3.05) is 13.2 Å². The van der Waals surface area contributed by atoms with E-state index in [0.29, 0.717) is 5.69 Å². The molecular weight excluding hydrogens is 323 g/mol. The second kappa shape index (κ2) is 6.69. The molecule has 0 aliphatic carbocycles. The number of hydrogen-bond donors (Lipinski definition) is 0. The molecule has 2 aromatic heterocycles. The average Bonchev–Trinajstić information content (AvgIpc) is 2.89. The summed E-state index contributed by atoms with van der Waals surface area (Å²) in [4.78, 5) is 15.5. The van der Waals surface area contributed by atoms with Crippen molar-refractivity contribution in [3.8, 4) is 5.88 Å². The number of aryl methyl sites for hydroxylation is 1. The number of carbonyl (C=O) groups excluding carboxylic acids is 1. The first-order valence-corrected chi connectivity index (χ1v) is 6.77. The van der Waals surface area contributed by atoms with E-state index in [4.69, 9.17) is 9.47 Å². The highest BCUT2D eigenvalue weighted by Gasteiger charge is 2.30. The van der Waals surface area contributed by atoms with Gasteiger partial charge in [-0.2, -0.15) is 13.2 Å². The first-order valence-electron chi connectivity index (χ1n) is 6.00. The summed E-state index contributed by atoms with van der Waals surface area (Å²) in [5.74, 6) is -0.797. The molecule has 0 aliphatic heterocycles. The number of ether oxygens (including phenoxy) is 2. The van der Waals surface area contributed by atoms with E-state index in [1.54, 1.807) is 6.92 Å². The van der Waals surface area contributed by atoms with Crippen LogP contribution in [0.5, 0.6) is 5.88 Å². The highest BCUT2D eigenvalue weighted by Crippen LogP contribution is 2.30. The van der Waals surface area contributed by atoms with Crippen LogP contribution in [0.4, 0.5) is 13.2 Å². The Morgan fingerprint density at radius 3 is 2.77 bits per heavy atom. The van der Waals surface area contributed by atoms with E-state index in [-0.39, 0.29) is 24.0 Å². The molecule has 2 heterocycles. The lowest BCUT2D eigenvalue weighted by Gasteiger charge is -2.09. The van der Waals surface area contributed by atoms with Crippen LogP contribution in [0, 0.1) is 6.92 Å². The summed E-state index contributed by atoms with van der Waals surface area (Å²) in [6.07, 6.45) is -3.47.